The van der Waals surface area contributed by atoms with Crippen LogP contribution in [-0.4, -0.2) is 35.2 Å². The third kappa shape index (κ3) is 2.47. The van der Waals surface area contributed by atoms with E-state index in [0.29, 0.717) is 24.2 Å². The van der Waals surface area contributed by atoms with Gasteiger partial charge >= 0.3 is 0 Å². The first-order valence-corrected chi connectivity index (χ1v) is 8.22. The number of hydrogen-bond donors (Lipinski definition) is 1. The van der Waals surface area contributed by atoms with Crippen LogP contribution >= 0.6 is 7.37 Å². The third-order valence-electron chi connectivity index (χ3n) is 3.94. The van der Waals surface area contributed by atoms with E-state index in [4.69, 9.17) is 0 Å². The van der Waals surface area contributed by atoms with Gasteiger partial charge in [0.25, 0.3) is 0 Å². The lowest BCUT2D eigenvalue weighted by molar-refractivity contribution is 0.313. The van der Waals surface area contributed by atoms with Crippen LogP contribution in [0.3, 0.4) is 0 Å². The molecule has 4 heteroatoms. The van der Waals surface area contributed by atoms with Crippen molar-refractivity contribution in [2.24, 2.45) is 11.8 Å². The van der Waals surface area contributed by atoms with Gasteiger partial charge in [0, 0.05) is 32.0 Å². The molecule has 2 fully saturated rings. The van der Waals surface area contributed by atoms with E-state index in [9.17, 15) is 9.46 Å². The van der Waals surface area contributed by atoms with E-state index < -0.39 is 7.37 Å². The van der Waals surface area contributed by atoms with E-state index in [0.717, 1.165) is 19.6 Å². The van der Waals surface area contributed by atoms with Crippen LogP contribution in [0.1, 0.15) is 5.56 Å². The highest BCUT2D eigenvalue weighted by Crippen LogP contribution is 2.55. The molecular formula is C13H18NO2P. The van der Waals surface area contributed by atoms with Crippen LogP contribution in [0.25, 0.3) is 0 Å². The fraction of sp³-hybridized carbons (Fsp3) is 0.538. The summed E-state index contributed by atoms with van der Waals surface area (Å²) in [4.78, 5) is 12.0. The summed E-state index contributed by atoms with van der Waals surface area (Å²) in [6, 6.07) is 10.4. The average molecular weight is 251 g/mol. The number of likely N-dealkylation sites (tertiary alicyclic amines) is 1. The molecule has 1 aromatic carbocycles. The molecule has 0 saturated carbocycles. The molecule has 2 aliphatic rings. The number of benzene rings is 1. The Hall–Kier alpha value is -0.630. The quantitative estimate of drug-likeness (QED) is 0.817. The number of fused-ring (bicyclic) bond motifs is 1. The SMILES string of the molecule is O=P1(O)C[C@H]2CN(Cc3ccccc3)C[C@H]2C1. The van der Waals surface area contributed by atoms with Crippen molar-refractivity contribution in [2.75, 3.05) is 25.4 Å². The maximum absolute atomic E-state index is 11.6. The summed E-state index contributed by atoms with van der Waals surface area (Å²) >= 11 is 0. The van der Waals surface area contributed by atoms with Crippen molar-refractivity contribution in [3.63, 3.8) is 0 Å². The largest absolute Gasteiger partial charge is 0.344 e. The Labute approximate surface area is 102 Å². The minimum Gasteiger partial charge on any atom is -0.344 e. The Morgan fingerprint density at radius 3 is 2.35 bits per heavy atom. The number of hydrogen-bond acceptors (Lipinski definition) is 2. The fourth-order valence-corrected chi connectivity index (χ4v) is 5.67. The van der Waals surface area contributed by atoms with Crippen LogP contribution in [0.2, 0.25) is 0 Å². The lowest BCUT2D eigenvalue weighted by atomic mass is 10.0. The predicted octanol–water partition coefficient (Wildman–Crippen LogP) is 2.02. The Morgan fingerprint density at radius 1 is 1.18 bits per heavy atom. The van der Waals surface area contributed by atoms with E-state index in [1.165, 1.54) is 5.56 Å². The summed E-state index contributed by atoms with van der Waals surface area (Å²) in [7, 11) is -2.76. The highest BCUT2D eigenvalue weighted by Gasteiger charge is 2.45. The number of nitrogens with zero attached hydrogens (tertiary/aromatic N) is 1. The van der Waals surface area contributed by atoms with Crippen molar-refractivity contribution in [3.8, 4) is 0 Å². The lowest BCUT2D eigenvalue weighted by Gasteiger charge is -2.17. The first-order chi connectivity index (χ1) is 8.12. The maximum atomic E-state index is 11.6. The molecular weight excluding hydrogens is 233 g/mol. The normalized spacial score (nSPS) is 37.2. The molecule has 92 valence electrons. The van der Waals surface area contributed by atoms with Crippen LogP contribution in [0.4, 0.5) is 0 Å². The maximum Gasteiger partial charge on any atom is 0.201 e. The van der Waals surface area contributed by atoms with Crippen molar-refractivity contribution in [2.45, 2.75) is 6.54 Å². The summed E-state index contributed by atoms with van der Waals surface area (Å²) in [5, 5.41) is 0. The monoisotopic (exact) mass is 251 g/mol. The average Bonchev–Trinajstić information content (AvgIpc) is 2.72. The molecule has 0 bridgehead atoms. The van der Waals surface area contributed by atoms with Gasteiger partial charge in [-0.15, -0.1) is 0 Å². The predicted molar refractivity (Wildman–Crippen MR) is 68.3 cm³/mol. The highest BCUT2D eigenvalue weighted by molar-refractivity contribution is 7.58. The molecule has 0 spiro atoms. The first-order valence-electron chi connectivity index (χ1n) is 6.19. The van der Waals surface area contributed by atoms with Gasteiger partial charge in [0.1, 0.15) is 0 Å². The van der Waals surface area contributed by atoms with Crippen molar-refractivity contribution in [1.29, 1.82) is 0 Å². The van der Waals surface area contributed by atoms with E-state index in [-0.39, 0.29) is 0 Å². The van der Waals surface area contributed by atoms with Crippen LogP contribution < -0.4 is 0 Å². The van der Waals surface area contributed by atoms with E-state index in [1.807, 2.05) is 6.07 Å². The standard InChI is InChI=1S/C13H18NO2P/c15-17(16)9-12-7-14(8-13(12)10-17)6-11-4-2-1-3-5-11/h1-5,12-13H,6-10H2,(H,15,16)/t12-,13+. The Morgan fingerprint density at radius 2 is 1.76 bits per heavy atom. The molecule has 1 unspecified atom stereocenters. The van der Waals surface area contributed by atoms with Gasteiger partial charge in [-0.25, -0.2) is 0 Å². The molecule has 2 heterocycles. The summed E-state index contributed by atoms with van der Waals surface area (Å²) in [5.41, 5.74) is 1.33. The second-order valence-electron chi connectivity index (χ2n) is 5.41. The van der Waals surface area contributed by atoms with Crippen molar-refractivity contribution < 1.29 is 9.46 Å². The molecule has 1 N–H and O–H groups in total. The van der Waals surface area contributed by atoms with Crippen LogP contribution in [0.15, 0.2) is 30.3 Å². The van der Waals surface area contributed by atoms with Crippen molar-refractivity contribution in [1.82, 2.24) is 4.90 Å². The van der Waals surface area contributed by atoms with E-state index >= 15 is 0 Å². The van der Waals surface area contributed by atoms with Crippen LogP contribution in [0, 0.1) is 11.8 Å². The van der Waals surface area contributed by atoms with Gasteiger partial charge in [-0.2, -0.15) is 0 Å². The molecule has 2 saturated heterocycles. The molecule has 0 amide bonds. The van der Waals surface area contributed by atoms with E-state index in [1.54, 1.807) is 0 Å². The molecule has 3 rings (SSSR count). The second kappa shape index (κ2) is 4.24. The molecule has 0 aromatic heterocycles. The molecule has 17 heavy (non-hydrogen) atoms. The molecule has 2 aliphatic heterocycles. The van der Waals surface area contributed by atoms with Gasteiger partial charge in [-0.1, -0.05) is 30.3 Å². The summed E-state index contributed by atoms with van der Waals surface area (Å²) in [6.45, 7) is 2.96. The summed E-state index contributed by atoms with van der Waals surface area (Å²) < 4.78 is 11.6. The van der Waals surface area contributed by atoms with Gasteiger partial charge in [0.2, 0.25) is 7.37 Å². The van der Waals surface area contributed by atoms with Gasteiger partial charge in [0.15, 0.2) is 0 Å². The first kappa shape index (κ1) is 11.5. The van der Waals surface area contributed by atoms with Crippen LogP contribution in [-0.2, 0) is 11.1 Å². The zero-order chi connectivity index (χ0) is 11.9. The van der Waals surface area contributed by atoms with Gasteiger partial charge < -0.3 is 4.89 Å². The zero-order valence-corrected chi connectivity index (χ0v) is 10.7. The topological polar surface area (TPSA) is 40.5 Å². The number of rotatable bonds is 2. The smallest absolute Gasteiger partial charge is 0.201 e. The molecule has 3 atom stereocenters. The Bertz CT molecular complexity index is 430. The minimum atomic E-state index is -2.76. The fourth-order valence-electron chi connectivity index (χ4n) is 3.23. The highest BCUT2D eigenvalue weighted by atomic mass is 31.2. The summed E-state index contributed by atoms with van der Waals surface area (Å²) in [5.74, 6) is 0.907. The van der Waals surface area contributed by atoms with Crippen molar-refractivity contribution >= 4 is 7.37 Å². The van der Waals surface area contributed by atoms with Gasteiger partial charge in [-0.05, 0) is 17.4 Å². The van der Waals surface area contributed by atoms with Gasteiger partial charge in [0.05, 0.1) is 0 Å². The Balaban J connectivity index is 1.62. The molecule has 0 aliphatic carbocycles. The molecule has 1 aromatic rings. The Kier molecular flexibility index (Phi) is 2.86. The molecule has 0 radical (unpaired) electrons. The summed E-state index contributed by atoms with van der Waals surface area (Å²) in [6.07, 6.45) is 1.09. The van der Waals surface area contributed by atoms with Gasteiger partial charge in [-0.3, -0.25) is 9.46 Å². The molecule has 3 nitrogen and oxygen atoms in total. The lowest BCUT2D eigenvalue weighted by Crippen LogP contribution is -2.21. The van der Waals surface area contributed by atoms with Crippen molar-refractivity contribution in [3.05, 3.63) is 35.9 Å². The third-order valence-corrected chi connectivity index (χ3v) is 6.02. The second-order valence-corrected chi connectivity index (χ2v) is 7.83. The minimum absolute atomic E-state index is 0.453. The zero-order valence-electron chi connectivity index (χ0n) is 9.83. The van der Waals surface area contributed by atoms with E-state index in [2.05, 4.69) is 29.2 Å². The van der Waals surface area contributed by atoms with Crippen LogP contribution in [0.5, 0.6) is 0 Å².